The molecule has 1 atom stereocenters. The lowest BCUT2D eigenvalue weighted by Crippen LogP contribution is -2.28. The van der Waals surface area contributed by atoms with Crippen molar-refractivity contribution in [3.05, 3.63) is 89.0 Å². The van der Waals surface area contributed by atoms with E-state index in [4.69, 9.17) is 9.72 Å². The minimum atomic E-state index is -0.453. The SMILES string of the molecule is CC[C@H](Sc1nc2c(sc3ccccc32)c(=O)n1Cc1cccnc1)C(=O)Nc1cccc(OC)c1. The van der Waals surface area contributed by atoms with E-state index in [1.165, 1.54) is 23.1 Å². The molecule has 3 aromatic heterocycles. The second-order valence-corrected chi connectivity index (χ2v) is 10.4. The number of ether oxygens (including phenoxy) is 1. The third-order valence-electron chi connectivity index (χ3n) is 5.76. The Morgan fingerprint density at radius 2 is 2.03 bits per heavy atom. The molecule has 0 saturated heterocycles. The highest BCUT2D eigenvalue weighted by atomic mass is 32.2. The number of hydrogen-bond acceptors (Lipinski definition) is 7. The number of nitrogens with zero attached hydrogens (tertiary/aromatic N) is 3. The van der Waals surface area contributed by atoms with E-state index in [9.17, 15) is 9.59 Å². The topological polar surface area (TPSA) is 86.1 Å². The van der Waals surface area contributed by atoms with Gasteiger partial charge in [0.1, 0.15) is 10.4 Å². The third kappa shape index (κ3) is 4.84. The Morgan fingerprint density at radius 3 is 2.81 bits per heavy atom. The van der Waals surface area contributed by atoms with Gasteiger partial charge in [-0.3, -0.25) is 19.1 Å². The Kier molecular flexibility index (Phi) is 7.02. The minimum Gasteiger partial charge on any atom is -0.497 e. The van der Waals surface area contributed by atoms with Gasteiger partial charge in [-0.25, -0.2) is 4.98 Å². The van der Waals surface area contributed by atoms with Crippen LogP contribution in [0, 0.1) is 0 Å². The van der Waals surface area contributed by atoms with E-state index in [0.717, 1.165) is 15.6 Å². The predicted octanol–water partition coefficient (Wildman–Crippen LogP) is 5.57. The van der Waals surface area contributed by atoms with Gasteiger partial charge in [-0.15, -0.1) is 11.3 Å². The molecule has 0 bridgehead atoms. The van der Waals surface area contributed by atoms with Crippen LogP contribution in [0.15, 0.2) is 83.0 Å². The molecule has 5 rings (SSSR count). The number of pyridine rings is 1. The van der Waals surface area contributed by atoms with E-state index < -0.39 is 5.25 Å². The average molecular weight is 517 g/mol. The van der Waals surface area contributed by atoms with Gasteiger partial charge in [-0.05, 0) is 36.2 Å². The van der Waals surface area contributed by atoms with Gasteiger partial charge in [0.05, 0.1) is 24.4 Å². The number of methoxy groups -OCH3 is 1. The predicted molar refractivity (Wildman–Crippen MR) is 146 cm³/mol. The number of nitrogens with one attached hydrogen (secondary N) is 1. The van der Waals surface area contributed by atoms with Gasteiger partial charge in [-0.2, -0.15) is 0 Å². The molecule has 0 aliphatic heterocycles. The van der Waals surface area contributed by atoms with Crippen molar-refractivity contribution in [1.82, 2.24) is 14.5 Å². The normalized spacial score (nSPS) is 12.1. The number of carbonyl (C=O) groups is 1. The van der Waals surface area contributed by atoms with Crippen molar-refractivity contribution < 1.29 is 9.53 Å². The number of carbonyl (C=O) groups excluding carboxylic acids is 1. The van der Waals surface area contributed by atoms with Crippen molar-refractivity contribution >= 4 is 55.0 Å². The first-order valence-electron chi connectivity index (χ1n) is 11.5. The van der Waals surface area contributed by atoms with E-state index >= 15 is 0 Å². The third-order valence-corrected chi connectivity index (χ3v) is 8.26. The summed E-state index contributed by atoms with van der Waals surface area (Å²) in [6.07, 6.45) is 4.00. The quantitative estimate of drug-likeness (QED) is 0.214. The van der Waals surface area contributed by atoms with Gasteiger partial charge >= 0.3 is 0 Å². The molecule has 0 fully saturated rings. The van der Waals surface area contributed by atoms with Crippen molar-refractivity contribution in [3.63, 3.8) is 0 Å². The molecule has 1 amide bonds. The highest BCUT2D eigenvalue weighted by molar-refractivity contribution is 8.00. The van der Waals surface area contributed by atoms with Crippen molar-refractivity contribution in [2.75, 3.05) is 12.4 Å². The summed E-state index contributed by atoms with van der Waals surface area (Å²) in [5, 5.41) is 3.97. The molecule has 7 nitrogen and oxygen atoms in total. The molecular formula is C27H24N4O3S2. The first kappa shape index (κ1) is 24.0. The number of benzene rings is 2. The van der Waals surface area contributed by atoms with Crippen molar-refractivity contribution in [1.29, 1.82) is 0 Å². The fourth-order valence-electron chi connectivity index (χ4n) is 3.93. The average Bonchev–Trinajstić information content (AvgIpc) is 3.28. The molecule has 0 aliphatic rings. The van der Waals surface area contributed by atoms with E-state index in [2.05, 4.69) is 10.3 Å². The summed E-state index contributed by atoms with van der Waals surface area (Å²) in [6.45, 7) is 2.27. The molecule has 0 radical (unpaired) electrons. The molecule has 0 aliphatic carbocycles. The van der Waals surface area contributed by atoms with Gasteiger partial charge in [0, 0.05) is 34.2 Å². The van der Waals surface area contributed by atoms with Gasteiger partial charge < -0.3 is 10.1 Å². The summed E-state index contributed by atoms with van der Waals surface area (Å²) < 4.78 is 8.54. The van der Waals surface area contributed by atoms with Crippen LogP contribution in [0.3, 0.4) is 0 Å². The summed E-state index contributed by atoms with van der Waals surface area (Å²) in [5.74, 6) is 0.503. The second-order valence-electron chi connectivity index (χ2n) is 8.16. The number of fused-ring (bicyclic) bond motifs is 3. The summed E-state index contributed by atoms with van der Waals surface area (Å²) in [5.41, 5.74) is 2.10. The van der Waals surface area contributed by atoms with Crippen LogP contribution in [0.2, 0.25) is 0 Å². The largest absolute Gasteiger partial charge is 0.497 e. The van der Waals surface area contributed by atoms with Gasteiger partial charge in [0.15, 0.2) is 5.16 Å². The molecule has 0 spiro atoms. The van der Waals surface area contributed by atoms with Crippen LogP contribution in [0.1, 0.15) is 18.9 Å². The lowest BCUT2D eigenvalue weighted by atomic mass is 10.2. The number of anilines is 1. The lowest BCUT2D eigenvalue weighted by Gasteiger charge is -2.18. The molecule has 3 heterocycles. The fourth-order valence-corrected chi connectivity index (χ4v) is 6.03. The molecule has 5 aromatic rings. The van der Waals surface area contributed by atoms with Crippen LogP contribution in [0.5, 0.6) is 5.75 Å². The number of thiophene rings is 1. The molecule has 1 N–H and O–H groups in total. The number of thioether (sulfide) groups is 1. The summed E-state index contributed by atoms with van der Waals surface area (Å²) in [6, 6.07) is 18.9. The van der Waals surface area contributed by atoms with Crippen LogP contribution < -0.4 is 15.6 Å². The summed E-state index contributed by atoms with van der Waals surface area (Å²) in [7, 11) is 1.59. The Bertz CT molecular complexity index is 1600. The van der Waals surface area contributed by atoms with E-state index in [1.54, 1.807) is 30.1 Å². The number of hydrogen-bond donors (Lipinski definition) is 1. The van der Waals surface area contributed by atoms with Crippen molar-refractivity contribution in [2.24, 2.45) is 0 Å². The maximum atomic E-state index is 13.7. The zero-order chi connectivity index (χ0) is 25.1. The zero-order valence-electron chi connectivity index (χ0n) is 19.8. The van der Waals surface area contributed by atoms with Crippen LogP contribution in [0.25, 0.3) is 20.3 Å². The molecular weight excluding hydrogens is 492 g/mol. The minimum absolute atomic E-state index is 0.115. The van der Waals surface area contributed by atoms with Crippen LogP contribution in [-0.4, -0.2) is 32.8 Å². The number of amides is 1. The monoisotopic (exact) mass is 516 g/mol. The molecule has 0 saturated carbocycles. The molecule has 9 heteroatoms. The van der Waals surface area contributed by atoms with Gasteiger partial charge in [0.2, 0.25) is 5.91 Å². The van der Waals surface area contributed by atoms with E-state index in [-0.39, 0.29) is 11.5 Å². The number of aromatic nitrogens is 3. The molecule has 182 valence electrons. The molecule has 2 aromatic carbocycles. The first-order chi connectivity index (χ1) is 17.6. The van der Waals surface area contributed by atoms with E-state index in [0.29, 0.717) is 39.8 Å². The van der Waals surface area contributed by atoms with Gasteiger partial charge in [-0.1, -0.05) is 49.0 Å². The molecule has 36 heavy (non-hydrogen) atoms. The second kappa shape index (κ2) is 10.5. The molecule has 0 unspecified atom stereocenters. The first-order valence-corrected chi connectivity index (χ1v) is 13.2. The Labute approximate surface area is 216 Å². The highest BCUT2D eigenvalue weighted by Gasteiger charge is 2.24. The van der Waals surface area contributed by atoms with Gasteiger partial charge in [0.25, 0.3) is 5.56 Å². The van der Waals surface area contributed by atoms with Crippen LogP contribution in [0.4, 0.5) is 5.69 Å². The van der Waals surface area contributed by atoms with Crippen molar-refractivity contribution in [3.8, 4) is 5.75 Å². The van der Waals surface area contributed by atoms with Crippen molar-refractivity contribution in [2.45, 2.75) is 30.3 Å². The Balaban J connectivity index is 1.55. The highest BCUT2D eigenvalue weighted by Crippen LogP contribution is 2.33. The Morgan fingerprint density at radius 1 is 1.17 bits per heavy atom. The maximum absolute atomic E-state index is 13.7. The van der Waals surface area contributed by atoms with Crippen LogP contribution >= 0.6 is 23.1 Å². The smallest absolute Gasteiger partial charge is 0.272 e. The fraction of sp³-hybridized carbons (Fsp3) is 0.185. The zero-order valence-corrected chi connectivity index (χ0v) is 21.4. The lowest BCUT2D eigenvalue weighted by molar-refractivity contribution is -0.115. The Hall–Kier alpha value is -3.69. The summed E-state index contributed by atoms with van der Waals surface area (Å²) >= 11 is 2.75. The van der Waals surface area contributed by atoms with Crippen LogP contribution in [-0.2, 0) is 11.3 Å². The maximum Gasteiger partial charge on any atom is 0.272 e. The van der Waals surface area contributed by atoms with E-state index in [1.807, 2.05) is 61.5 Å². The number of rotatable bonds is 8. The standard InChI is InChI=1S/C27H24N4O3S2/c1-3-21(25(32)29-18-9-6-10-19(14-18)34-2)36-27-30-23-20-11-4-5-12-22(20)35-24(23)26(33)31(27)16-17-8-7-13-28-15-17/h4-15,21H,3,16H2,1-2H3,(H,29,32)/t21-/m0/s1. The summed E-state index contributed by atoms with van der Waals surface area (Å²) in [4.78, 5) is 36.1.